The highest BCUT2D eigenvalue weighted by molar-refractivity contribution is 6.30. The van der Waals surface area contributed by atoms with Crippen molar-refractivity contribution in [3.8, 4) is 11.5 Å². The van der Waals surface area contributed by atoms with Crippen LogP contribution in [0.25, 0.3) is 0 Å². The Labute approximate surface area is 184 Å². The number of unbranched alkanes of at least 4 members (excludes halogenated alkanes) is 5. The van der Waals surface area contributed by atoms with Gasteiger partial charge in [0.2, 0.25) is 0 Å². The summed E-state index contributed by atoms with van der Waals surface area (Å²) in [5.41, 5.74) is 3.35. The average molecular weight is 431 g/mol. The summed E-state index contributed by atoms with van der Waals surface area (Å²) in [5.74, 6) is 1.03. The molecule has 0 aliphatic heterocycles. The van der Waals surface area contributed by atoms with Gasteiger partial charge in [0.15, 0.2) is 6.10 Å². The van der Waals surface area contributed by atoms with E-state index in [0.29, 0.717) is 10.8 Å². The van der Waals surface area contributed by atoms with Gasteiger partial charge in [-0.1, -0.05) is 56.7 Å². The SMILES string of the molecule is CCCCCCCCOc1ccc(/C=N\NC(=O)[C@@H](C)Oc2cccc(Cl)c2)cc1. The number of nitrogens with one attached hydrogen (secondary N) is 1. The summed E-state index contributed by atoms with van der Waals surface area (Å²) in [6, 6.07) is 14.5. The van der Waals surface area contributed by atoms with E-state index in [2.05, 4.69) is 17.5 Å². The van der Waals surface area contributed by atoms with Gasteiger partial charge in [0.05, 0.1) is 12.8 Å². The number of hydrazone groups is 1. The molecule has 0 bridgehead atoms. The van der Waals surface area contributed by atoms with Crippen molar-refractivity contribution in [1.29, 1.82) is 0 Å². The lowest BCUT2D eigenvalue weighted by molar-refractivity contribution is -0.127. The third-order valence-electron chi connectivity index (χ3n) is 4.51. The molecule has 2 rings (SSSR count). The zero-order chi connectivity index (χ0) is 21.6. The standard InChI is InChI=1S/C24H31ClN2O3/c1-3-4-5-6-7-8-16-29-22-14-12-20(13-15-22)18-26-27-24(28)19(2)30-23-11-9-10-21(25)17-23/h9-15,17-19H,3-8,16H2,1-2H3,(H,27,28)/b26-18-/t19-/m1/s1. The van der Waals surface area contributed by atoms with Crippen molar-refractivity contribution >= 4 is 23.7 Å². The quantitative estimate of drug-likeness (QED) is 0.241. The lowest BCUT2D eigenvalue weighted by Crippen LogP contribution is -2.33. The molecule has 0 spiro atoms. The molecular weight excluding hydrogens is 400 g/mol. The van der Waals surface area contributed by atoms with Crippen LogP contribution in [0.3, 0.4) is 0 Å². The van der Waals surface area contributed by atoms with E-state index in [1.54, 1.807) is 37.4 Å². The number of rotatable bonds is 13. The molecule has 1 amide bonds. The summed E-state index contributed by atoms with van der Waals surface area (Å²) in [6.07, 6.45) is 8.36. The van der Waals surface area contributed by atoms with Crippen LogP contribution in [0.5, 0.6) is 11.5 Å². The summed E-state index contributed by atoms with van der Waals surface area (Å²) in [6.45, 7) is 4.62. The van der Waals surface area contributed by atoms with E-state index in [-0.39, 0.29) is 5.91 Å². The molecule has 0 saturated heterocycles. The Morgan fingerprint density at radius 2 is 1.80 bits per heavy atom. The van der Waals surface area contributed by atoms with Crippen LogP contribution >= 0.6 is 11.6 Å². The minimum atomic E-state index is -0.696. The number of hydrogen-bond acceptors (Lipinski definition) is 4. The molecule has 1 N–H and O–H groups in total. The Morgan fingerprint density at radius 3 is 2.53 bits per heavy atom. The van der Waals surface area contributed by atoms with Gasteiger partial charge >= 0.3 is 0 Å². The molecule has 0 aliphatic carbocycles. The van der Waals surface area contributed by atoms with Crippen LogP contribution in [0.2, 0.25) is 5.02 Å². The summed E-state index contributed by atoms with van der Waals surface area (Å²) >= 11 is 5.92. The zero-order valence-corrected chi connectivity index (χ0v) is 18.5. The molecule has 0 radical (unpaired) electrons. The Bertz CT molecular complexity index is 793. The van der Waals surface area contributed by atoms with Crippen LogP contribution in [-0.2, 0) is 4.79 Å². The van der Waals surface area contributed by atoms with Crippen molar-refractivity contribution in [3.63, 3.8) is 0 Å². The van der Waals surface area contributed by atoms with Gasteiger partial charge < -0.3 is 9.47 Å². The van der Waals surface area contributed by atoms with Crippen LogP contribution in [0, 0.1) is 0 Å². The maximum Gasteiger partial charge on any atom is 0.280 e. The average Bonchev–Trinajstić information content (AvgIpc) is 2.74. The molecule has 30 heavy (non-hydrogen) atoms. The molecule has 162 valence electrons. The van der Waals surface area contributed by atoms with Gasteiger partial charge in [-0.15, -0.1) is 0 Å². The van der Waals surface area contributed by atoms with E-state index in [4.69, 9.17) is 21.1 Å². The molecule has 1 atom stereocenters. The summed E-state index contributed by atoms with van der Waals surface area (Å²) < 4.78 is 11.3. The Balaban J connectivity index is 1.68. The van der Waals surface area contributed by atoms with Crippen LogP contribution < -0.4 is 14.9 Å². The van der Waals surface area contributed by atoms with Crippen LogP contribution in [-0.4, -0.2) is 24.8 Å². The van der Waals surface area contributed by atoms with Crippen LogP contribution in [0.1, 0.15) is 57.9 Å². The molecule has 6 heteroatoms. The molecule has 0 aliphatic rings. The van der Waals surface area contributed by atoms with Crippen molar-refractivity contribution in [2.75, 3.05) is 6.61 Å². The fourth-order valence-electron chi connectivity index (χ4n) is 2.78. The number of ether oxygens (including phenoxy) is 2. The van der Waals surface area contributed by atoms with Gasteiger partial charge in [-0.3, -0.25) is 4.79 Å². The second-order valence-corrected chi connectivity index (χ2v) is 7.57. The molecule has 0 saturated carbocycles. The summed E-state index contributed by atoms with van der Waals surface area (Å²) in [4.78, 5) is 12.1. The van der Waals surface area contributed by atoms with E-state index >= 15 is 0 Å². The summed E-state index contributed by atoms with van der Waals surface area (Å²) in [7, 11) is 0. The van der Waals surface area contributed by atoms with Gasteiger partial charge in [0.25, 0.3) is 5.91 Å². The first-order valence-corrected chi connectivity index (χ1v) is 10.9. The lowest BCUT2D eigenvalue weighted by Gasteiger charge is -2.12. The van der Waals surface area contributed by atoms with Gasteiger partial charge in [-0.25, -0.2) is 5.43 Å². The van der Waals surface area contributed by atoms with Crippen LogP contribution in [0.4, 0.5) is 0 Å². The van der Waals surface area contributed by atoms with Gasteiger partial charge in [-0.2, -0.15) is 5.10 Å². The third-order valence-corrected chi connectivity index (χ3v) is 4.75. The molecule has 0 aromatic heterocycles. The Hall–Kier alpha value is -2.53. The predicted molar refractivity (Wildman–Crippen MR) is 123 cm³/mol. The van der Waals surface area contributed by atoms with E-state index < -0.39 is 6.10 Å². The number of carbonyl (C=O) groups excluding carboxylic acids is 1. The second-order valence-electron chi connectivity index (χ2n) is 7.14. The Morgan fingerprint density at radius 1 is 1.07 bits per heavy atom. The maximum absolute atomic E-state index is 12.1. The molecule has 0 unspecified atom stereocenters. The Kier molecular flexibility index (Phi) is 10.8. The van der Waals surface area contributed by atoms with Crippen molar-refractivity contribution in [2.45, 2.75) is 58.5 Å². The molecule has 5 nitrogen and oxygen atoms in total. The highest BCUT2D eigenvalue weighted by Crippen LogP contribution is 2.18. The topological polar surface area (TPSA) is 59.9 Å². The van der Waals surface area contributed by atoms with Gasteiger partial charge in [-0.05, 0) is 61.4 Å². The minimum Gasteiger partial charge on any atom is -0.494 e. The minimum absolute atomic E-state index is 0.342. The van der Waals surface area contributed by atoms with Crippen LogP contribution in [0.15, 0.2) is 53.6 Å². The molecule has 0 heterocycles. The zero-order valence-electron chi connectivity index (χ0n) is 17.8. The van der Waals surface area contributed by atoms with E-state index in [9.17, 15) is 4.79 Å². The summed E-state index contributed by atoms with van der Waals surface area (Å²) in [5, 5.41) is 4.54. The van der Waals surface area contributed by atoms with E-state index in [0.717, 1.165) is 24.3 Å². The van der Waals surface area contributed by atoms with E-state index in [1.165, 1.54) is 32.1 Å². The third kappa shape index (κ3) is 9.31. The van der Waals surface area contributed by atoms with Crippen molar-refractivity contribution in [3.05, 3.63) is 59.1 Å². The number of halogens is 1. The number of benzene rings is 2. The first-order chi connectivity index (χ1) is 14.6. The molecule has 0 fully saturated rings. The monoisotopic (exact) mass is 430 g/mol. The maximum atomic E-state index is 12.1. The van der Waals surface area contributed by atoms with Crippen molar-refractivity contribution < 1.29 is 14.3 Å². The van der Waals surface area contributed by atoms with Crippen molar-refractivity contribution in [1.82, 2.24) is 5.43 Å². The van der Waals surface area contributed by atoms with Gasteiger partial charge in [0, 0.05) is 5.02 Å². The first-order valence-electron chi connectivity index (χ1n) is 10.6. The fraction of sp³-hybridized carbons (Fsp3) is 0.417. The van der Waals surface area contributed by atoms with E-state index in [1.807, 2.05) is 24.3 Å². The lowest BCUT2D eigenvalue weighted by atomic mass is 10.1. The highest BCUT2D eigenvalue weighted by atomic mass is 35.5. The normalized spacial score (nSPS) is 12.0. The number of amides is 1. The molecular formula is C24H31ClN2O3. The number of carbonyl (C=O) groups is 1. The molecule has 2 aromatic carbocycles. The smallest absolute Gasteiger partial charge is 0.280 e. The van der Waals surface area contributed by atoms with Gasteiger partial charge in [0.1, 0.15) is 11.5 Å². The highest BCUT2D eigenvalue weighted by Gasteiger charge is 2.13. The number of nitrogens with zero attached hydrogens (tertiary/aromatic N) is 1. The first kappa shape index (κ1) is 23.7. The van der Waals surface area contributed by atoms with Crippen molar-refractivity contribution in [2.24, 2.45) is 5.10 Å². The fourth-order valence-corrected chi connectivity index (χ4v) is 2.96. The second kappa shape index (κ2) is 13.6. The number of hydrogen-bond donors (Lipinski definition) is 1. The molecule has 2 aromatic rings. The predicted octanol–water partition coefficient (Wildman–Crippen LogP) is 6.00. The largest absolute Gasteiger partial charge is 0.494 e.